The van der Waals surface area contributed by atoms with Crippen LogP contribution >= 0.6 is 23.2 Å². The van der Waals surface area contributed by atoms with Crippen molar-refractivity contribution in [2.45, 2.75) is 19.4 Å². The molecule has 2 heterocycles. The SMILES string of the molecule is O=C(Cc1cc(Cl)c2c(c1)OCCO2)N1CCCN(Cc2ccc(Cl)cc2)CC1. The summed E-state index contributed by atoms with van der Waals surface area (Å²) in [6, 6.07) is 11.6. The molecule has 0 aliphatic carbocycles. The zero-order chi connectivity index (χ0) is 20.2. The number of rotatable bonds is 4. The van der Waals surface area contributed by atoms with Crippen LogP contribution in [0.2, 0.25) is 10.0 Å². The minimum atomic E-state index is 0.117. The Morgan fingerprint density at radius 1 is 0.931 bits per heavy atom. The van der Waals surface area contributed by atoms with Gasteiger partial charge in [0.15, 0.2) is 11.5 Å². The highest BCUT2D eigenvalue weighted by molar-refractivity contribution is 6.32. The lowest BCUT2D eigenvalue weighted by Crippen LogP contribution is -2.36. The summed E-state index contributed by atoms with van der Waals surface area (Å²) in [7, 11) is 0. The number of amides is 1. The highest BCUT2D eigenvalue weighted by Gasteiger charge is 2.22. The molecule has 0 bridgehead atoms. The first-order valence-corrected chi connectivity index (χ1v) is 10.7. The van der Waals surface area contributed by atoms with Gasteiger partial charge in [0.2, 0.25) is 5.91 Å². The Balaban J connectivity index is 1.35. The Hall–Kier alpha value is -1.95. The second-order valence-electron chi connectivity index (χ2n) is 7.42. The van der Waals surface area contributed by atoms with E-state index in [1.807, 2.05) is 23.1 Å². The number of carbonyl (C=O) groups is 1. The van der Waals surface area contributed by atoms with E-state index in [1.165, 1.54) is 5.56 Å². The molecule has 1 saturated heterocycles. The molecule has 0 saturated carbocycles. The molecule has 0 unspecified atom stereocenters. The second-order valence-corrected chi connectivity index (χ2v) is 8.26. The van der Waals surface area contributed by atoms with Crippen molar-refractivity contribution in [3.05, 3.63) is 57.6 Å². The Labute approximate surface area is 181 Å². The maximum absolute atomic E-state index is 12.9. The van der Waals surface area contributed by atoms with Gasteiger partial charge in [-0.2, -0.15) is 0 Å². The average molecular weight is 435 g/mol. The van der Waals surface area contributed by atoms with Crippen molar-refractivity contribution in [3.8, 4) is 11.5 Å². The van der Waals surface area contributed by atoms with Gasteiger partial charge in [-0.3, -0.25) is 9.69 Å². The smallest absolute Gasteiger partial charge is 0.227 e. The third-order valence-electron chi connectivity index (χ3n) is 5.27. The number of fused-ring (bicyclic) bond motifs is 1. The van der Waals surface area contributed by atoms with Crippen LogP contribution in [0.15, 0.2) is 36.4 Å². The van der Waals surface area contributed by atoms with E-state index in [9.17, 15) is 4.79 Å². The summed E-state index contributed by atoms with van der Waals surface area (Å²) in [4.78, 5) is 17.2. The van der Waals surface area contributed by atoms with Crippen molar-refractivity contribution < 1.29 is 14.3 Å². The number of benzene rings is 2. The lowest BCUT2D eigenvalue weighted by atomic mass is 10.1. The van der Waals surface area contributed by atoms with Crippen LogP contribution in [0.1, 0.15) is 17.5 Å². The monoisotopic (exact) mass is 434 g/mol. The minimum absolute atomic E-state index is 0.117. The lowest BCUT2D eigenvalue weighted by Gasteiger charge is -2.23. The average Bonchev–Trinajstić information content (AvgIpc) is 2.95. The zero-order valence-electron chi connectivity index (χ0n) is 16.2. The third kappa shape index (κ3) is 5.16. The van der Waals surface area contributed by atoms with Gasteiger partial charge in [0, 0.05) is 37.7 Å². The fraction of sp³-hybridized carbons (Fsp3) is 0.409. The molecule has 2 aromatic rings. The summed E-state index contributed by atoms with van der Waals surface area (Å²) in [5.74, 6) is 1.31. The van der Waals surface area contributed by atoms with Crippen LogP contribution < -0.4 is 9.47 Å². The Kier molecular flexibility index (Phi) is 6.48. The van der Waals surface area contributed by atoms with Gasteiger partial charge in [-0.1, -0.05) is 35.3 Å². The molecule has 4 rings (SSSR count). The van der Waals surface area contributed by atoms with Crippen LogP contribution in [0.5, 0.6) is 11.5 Å². The van der Waals surface area contributed by atoms with Crippen molar-refractivity contribution >= 4 is 29.1 Å². The van der Waals surface area contributed by atoms with Crippen molar-refractivity contribution in [1.29, 1.82) is 0 Å². The molecule has 7 heteroatoms. The van der Waals surface area contributed by atoms with Gasteiger partial charge in [0.05, 0.1) is 11.4 Å². The predicted molar refractivity (Wildman–Crippen MR) is 114 cm³/mol. The number of hydrogen-bond donors (Lipinski definition) is 0. The summed E-state index contributed by atoms with van der Waals surface area (Å²) in [5.41, 5.74) is 2.09. The number of carbonyl (C=O) groups excluding carboxylic acids is 1. The molecule has 29 heavy (non-hydrogen) atoms. The highest BCUT2D eigenvalue weighted by Crippen LogP contribution is 2.38. The van der Waals surface area contributed by atoms with Crippen molar-refractivity contribution in [3.63, 3.8) is 0 Å². The standard InChI is InChI=1S/C22H24Cl2N2O3/c23-18-4-2-16(3-5-18)15-25-6-1-7-26(9-8-25)21(27)14-17-12-19(24)22-20(13-17)28-10-11-29-22/h2-5,12-13H,1,6-11,14-15H2. The van der Waals surface area contributed by atoms with E-state index in [1.54, 1.807) is 6.07 Å². The largest absolute Gasteiger partial charge is 0.486 e. The van der Waals surface area contributed by atoms with Gasteiger partial charge in [0.25, 0.3) is 0 Å². The summed E-state index contributed by atoms with van der Waals surface area (Å²) in [5, 5.41) is 1.25. The predicted octanol–water partition coefficient (Wildman–Crippen LogP) is 4.04. The number of hydrogen-bond acceptors (Lipinski definition) is 4. The van der Waals surface area contributed by atoms with E-state index in [4.69, 9.17) is 32.7 Å². The van der Waals surface area contributed by atoms with Crippen LogP contribution in [-0.2, 0) is 17.8 Å². The molecule has 0 radical (unpaired) electrons. The van der Waals surface area contributed by atoms with E-state index in [0.717, 1.165) is 49.7 Å². The normalized spacial score (nSPS) is 17.1. The summed E-state index contributed by atoms with van der Waals surface area (Å²) in [6.07, 6.45) is 1.27. The number of halogens is 2. The van der Waals surface area contributed by atoms with Crippen LogP contribution in [0.25, 0.3) is 0 Å². The quantitative estimate of drug-likeness (QED) is 0.727. The summed E-state index contributed by atoms with van der Waals surface area (Å²) >= 11 is 12.3. The van der Waals surface area contributed by atoms with Crippen LogP contribution in [-0.4, -0.2) is 55.1 Å². The van der Waals surface area contributed by atoms with E-state index in [2.05, 4.69) is 17.0 Å². The Morgan fingerprint density at radius 3 is 2.55 bits per heavy atom. The van der Waals surface area contributed by atoms with Crippen LogP contribution in [0.4, 0.5) is 0 Å². The number of nitrogens with zero attached hydrogens (tertiary/aromatic N) is 2. The summed E-state index contributed by atoms with van der Waals surface area (Å²) < 4.78 is 11.2. The molecule has 2 aliphatic heterocycles. The molecule has 0 N–H and O–H groups in total. The second kappa shape index (κ2) is 9.24. The van der Waals surface area contributed by atoms with Crippen molar-refractivity contribution in [2.75, 3.05) is 39.4 Å². The van der Waals surface area contributed by atoms with E-state index >= 15 is 0 Å². The summed E-state index contributed by atoms with van der Waals surface area (Å²) in [6.45, 7) is 5.19. The highest BCUT2D eigenvalue weighted by atomic mass is 35.5. The first kappa shape index (κ1) is 20.3. The minimum Gasteiger partial charge on any atom is -0.486 e. The molecule has 5 nitrogen and oxygen atoms in total. The first-order valence-electron chi connectivity index (χ1n) is 9.91. The van der Waals surface area contributed by atoms with Gasteiger partial charge in [-0.05, 0) is 41.8 Å². The third-order valence-corrected chi connectivity index (χ3v) is 5.81. The van der Waals surface area contributed by atoms with Crippen molar-refractivity contribution in [2.24, 2.45) is 0 Å². The molecule has 1 fully saturated rings. The molecule has 0 aromatic heterocycles. The van der Waals surface area contributed by atoms with Gasteiger partial charge in [-0.15, -0.1) is 0 Å². The molecular weight excluding hydrogens is 411 g/mol. The van der Waals surface area contributed by atoms with Crippen molar-refractivity contribution in [1.82, 2.24) is 9.80 Å². The molecule has 1 amide bonds. The fourth-order valence-corrected chi connectivity index (χ4v) is 4.19. The van der Waals surface area contributed by atoms with Gasteiger partial charge >= 0.3 is 0 Å². The number of ether oxygens (including phenoxy) is 2. The van der Waals surface area contributed by atoms with E-state index < -0.39 is 0 Å². The van der Waals surface area contributed by atoms with E-state index in [0.29, 0.717) is 36.2 Å². The first-order chi connectivity index (χ1) is 14.1. The topological polar surface area (TPSA) is 42.0 Å². The van der Waals surface area contributed by atoms with E-state index in [-0.39, 0.29) is 5.91 Å². The van der Waals surface area contributed by atoms with Crippen LogP contribution in [0, 0.1) is 0 Å². The van der Waals surface area contributed by atoms with Gasteiger partial charge in [-0.25, -0.2) is 0 Å². The van der Waals surface area contributed by atoms with Gasteiger partial charge in [0.1, 0.15) is 13.2 Å². The molecule has 2 aliphatic rings. The van der Waals surface area contributed by atoms with Crippen LogP contribution in [0.3, 0.4) is 0 Å². The molecule has 0 atom stereocenters. The van der Waals surface area contributed by atoms with Gasteiger partial charge < -0.3 is 14.4 Å². The zero-order valence-corrected chi connectivity index (χ0v) is 17.7. The maximum Gasteiger partial charge on any atom is 0.227 e. The molecule has 0 spiro atoms. The molecule has 154 valence electrons. The Morgan fingerprint density at radius 2 is 1.72 bits per heavy atom. The maximum atomic E-state index is 12.9. The lowest BCUT2D eigenvalue weighted by molar-refractivity contribution is -0.130. The molecule has 2 aromatic carbocycles. The molecular formula is C22H24Cl2N2O3. The Bertz CT molecular complexity index is 873. The fourth-order valence-electron chi connectivity index (χ4n) is 3.78.